The first-order valence-electron chi connectivity index (χ1n) is 12.9. The Morgan fingerprint density at radius 1 is 1.29 bits per heavy atom. The maximum Gasteiger partial charge on any atom is 0.254 e. The van der Waals surface area contributed by atoms with E-state index in [2.05, 4.69) is 10.1 Å². The molecule has 8 nitrogen and oxygen atoms in total. The third-order valence-corrected chi connectivity index (χ3v) is 8.87. The number of amides is 1. The van der Waals surface area contributed by atoms with Gasteiger partial charge in [-0.2, -0.15) is 0 Å². The smallest absolute Gasteiger partial charge is 0.254 e. The van der Waals surface area contributed by atoms with Gasteiger partial charge in [0.1, 0.15) is 5.92 Å². The average Bonchev–Trinajstić information content (AvgIpc) is 3.67. The van der Waals surface area contributed by atoms with Crippen LogP contribution in [-0.4, -0.2) is 57.6 Å². The number of carbonyl (C=O) groups excluding carboxylic acids is 2. The van der Waals surface area contributed by atoms with Crippen molar-refractivity contribution < 1.29 is 24.0 Å². The molecule has 9 heteroatoms. The minimum absolute atomic E-state index is 0.0170. The van der Waals surface area contributed by atoms with Crippen LogP contribution in [0.25, 0.3) is 10.4 Å². The van der Waals surface area contributed by atoms with E-state index >= 15 is 0 Å². The Morgan fingerprint density at radius 3 is 2.63 bits per heavy atom. The van der Waals surface area contributed by atoms with Gasteiger partial charge >= 0.3 is 0 Å². The molecular formula is C29H33N3O5S. The lowest BCUT2D eigenvalue weighted by Gasteiger charge is -2.31. The summed E-state index contributed by atoms with van der Waals surface area (Å²) in [5, 5.41) is 14.5. The summed E-state index contributed by atoms with van der Waals surface area (Å²) in [6, 6.07) is 9.40. The molecule has 1 fully saturated rings. The number of hydrogen-bond acceptors (Lipinski definition) is 8. The molecule has 0 saturated carbocycles. The van der Waals surface area contributed by atoms with Crippen LogP contribution in [0.2, 0.25) is 0 Å². The standard InChI is InChI=1S/C29H33N3O5S/c1-16(2)26(23-12-25(36-5)31-37-23)28(35)32-14-21(33)11-22(32)19-10-24(34)29(4,13-19)20-8-6-18(7-9-20)27-17(3)30-15-38-27/h6-10,12,15-16,21-22,26,33H,11,13-14H2,1-5H3/t21-,22+,26-,29-/m1/s1. The second-order valence-electron chi connectivity index (χ2n) is 10.8. The van der Waals surface area contributed by atoms with Gasteiger partial charge < -0.3 is 19.3 Å². The summed E-state index contributed by atoms with van der Waals surface area (Å²) in [5.41, 5.74) is 4.99. The SMILES string of the molecule is COc1cc([C@H](C(=O)N2C[C@H](O)C[C@H]2C2=CC(=O)[C@@](C)(c3ccc(-c4scnc4C)cc3)C2)C(C)C)on1. The van der Waals surface area contributed by atoms with Crippen LogP contribution in [0, 0.1) is 12.8 Å². The highest BCUT2D eigenvalue weighted by Gasteiger charge is 2.47. The van der Waals surface area contributed by atoms with Gasteiger partial charge in [0, 0.05) is 12.6 Å². The second-order valence-corrected chi connectivity index (χ2v) is 11.7. The van der Waals surface area contributed by atoms with Crippen LogP contribution in [0.1, 0.15) is 56.5 Å². The molecule has 2 aromatic heterocycles. The van der Waals surface area contributed by atoms with E-state index in [9.17, 15) is 14.7 Å². The van der Waals surface area contributed by atoms with E-state index < -0.39 is 17.4 Å². The van der Waals surface area contributed by atoms with Gasteiger partial charge in [0.2, 0.25) is 5.91 Å². The minimum Gasteiger partial charge on any atom is -0.479 e. The summed E-state index contributed by atoms with van der Waals surface area (Å²) in [4.78, 5) is 34.4. The van der Waals surface area contributed by atoms with E-state index in [4.69, 9.17) is 9.26 Å². The van der Waals surface area contributed by atoms with Crippen molar-refractivity contribution in [2.24, 2.45) is 5.92 Å². The lowest BCUT2D eigenvalue weighted by Crippen LogP contribution is -2.41. The lowest BCUT2D eigenvalue weighted by atomic mass is 9.77. The molecule has 1 aromatic carbocycles. The molecular weight excluding hydrogens is 502 g/mol. The largest absolute Gasteiger partial charge is 0.479 e. The first kappa shape index (κ1) is 26.3. The fourth-order valence-electron chi connectivity index (χ4n) is 5.74. The average molecular weight is 536 g/mol. The second kappa shape index (κ2) is 10.1. The van der Waals surface area contributed by atoms with Crippen LogP contribution in [0.4, 0.5) is 0 Å². The van der Waals surface area contributed by atoms with E-state index in [0.717, 1.165) is 27.3 Å². The first-order chi connectivity index (χ1) is 18.1. The predicted molar refractivity (Wildman–Crippen MR) is 144 cm³/mol. The van der Waals surface area contributed by atoms with E-state index in [1.165, 1.54) is 7.11 Å². The van der Waals surface area contributed by atoms with Crippen LogP contribution in [0.5, 0.6) is 5.88 Å². The number of rotatable bonds is 7. The molecule has 38 heavy (non-hydrogen) atoms. The summed E-state index contributed by atoms with van der Waals surface area (Å²) >= 11 is 1.60. The van der Waals surface area contributed by atoms with Crippen LogP contribution < -0.4 is 4.74 Å². The van der Waals surface area contributed by atoms with Crippen molar-refractivity contribution in [1.29, 1.82) is 0 Å². The zero-order chi connectivity index (χ0) is 27.2. The molecule has 0 radical (unpaired) electrons. The quantitative estimate of drug-likeness (QED) is 0.469. The summed E-state index contributed by atoms with van der Waals surface area (Å²) < 4.78 is 10.6. The van der Waals surface area contributed by atoms with E-state index in [1.54, 1.807) is 28.4 Å². The summed E-state index contributed by atoms with van der Waals surface area (Å²) in [6.07, 6.45) is 1.92. The number of hydrogen-bond donors (Lipinski definition) is 1. The number of carbonyl (C=O) groups is 2. The number of ether oxygens (including phenoxy) is 1. The Hall–Kier alpha value is -3.30. The summed E-state index contributed by atoms with van der Waals surface area (Å²) in [7, 11) is 1.50. The highest BCUT2D eigenvalue weighted by molar-refractivity contribution is 7.13. The van der Waals surface area contributed by atoms with Crippen molar-refractivity contribution in [3.8, 4) is 16.3 Å². The lowest BCUT2D eigenvalue weighted by molar-refractivity contribution is -0.135. The highest BCUT2D eigenvalue weighted by Crippen LogP contribution is 2.43. The first-order valence-corrected chi connectivity index (χ1v) is 13.8. The molecule has 3 aromatic rings. The fourth-order valence-corrected chi connectivity index (χ4v) is 6.55. The molecule has 0 spiro atoms. The Morgan fingerprint density at radius 2 is 2.03 bits per heavy atom. The van der Waals surface area contributed by atoms with Gasteiger partial charge in [0.05, 0.1) is 40.8 Å². The van der Waals surface area contributed by atoms with Crippen LogP contribution in [0.3, 0.4) is 0 Å². The van der Waals surface area contributed by atoms with Gasteiger partial charge in [0.15, 0.2) is 11.5 Å². The maximum atomic E-state index is 13.9. The Balaban J connectivity index is 1.39. The fraction of sp³-hybridized carbons (Fsp3) is 0.448. The van der Waals surface area contributed by atoms with Gasteiger partial charge in [0.25, 0.3) is 5.88 Å². The molecule has 3 heterocycles. The number of nitrogens with zero attached hydrogens (tertiary/aromatic N) is 3. The number of benzene rings is 1. The molecule has 4 atom stereocenters. The van der Waals surface area contributed by atoms with Crippen molar-refractivity contribution in [1.82, 2.24) is 15.0 Å². The predicted octanol–water partition coefficient (Wildman–Crippen LogP) is 4.67. The number of aryl methyl sites for hydroxylation is 1. The number of ketones is 1. The number of likely N-dealkylation sites (tertiary alicyclic amines) is 1. The normalized spacial score (nSPS) is 24.2. The zero-order valence-corrected chi connectivity index (χ0v) is 23.1. The van der Waals surface area contributed by atoms with Gasteiger partial charge in [-0.3, -0.25) is 9.59 Å². The number of allylic oxidation sites excluding steroid dienone is 1. The topological polar surface area (TPSA) is 106 Å². The minimum atomic E-state index is -0.728. The number of methoxy groups -OCH3 is 1. The maximum absolute atomic E-state index is 13.9. The van der Waals surface area contributed by atoms with E-state index in [0.29, 0.717) is 24.5 Å². The zero-order valence-electron chi connectivity index (χ0n) is 22.3. The van der Waals surface area contributed by atoms with Crippen molar-refractivity contribution in [3.05, 3.63) is 64.5 Å². The van der Waals surface area contributed by atoms with Crippen LogP contribution >= 0.6 is 11.3 Å². The van der Waals surface area contributed by atoms with Crippen LogP contribution in [-0.2, 0) is 15.0 Å². The number of aromatic nitrogens is 2. The van der Waals surface area contributed by atoms with Gasteiger partial charge in [-0.05, 0) is 60.5 Å². The van der Waals surface area contributed by atoms with E-state index in [1.807, 2.05) is 57.5 Å². The molecule has 0 bridgehead atoms. The van der Waals surface area contributed by atoms with Gasteiger partial charge in [-0.1, -0.05) is 38.1 Å². The number of β-amino-alcohol motifs (C(OH)–C–C–N with tert-alkyl or cyclic N) is 1. The molecule has 2 aliphatic rings. The number of aliphatic hydroxyl groups excluding tert-OH is 1. The molecule has 200 valence electrons. The molecule has 1 N–H and O–H groups in total. The molecule has 1 amide bonds. The van der Waals surface area contributed by atoms with Gasteiger partial charge in [-0.25, -0.2) is 4.98 Å². The summed E-state index contributed by atoms with van der Waals surface area (Å²) in [6.45, 7) is 8.06. The van der Waals surface area contributed by atoms with Crippen molar-refractivity contribution >= 4 is 23.0 Å². The molecule has 1 aliphatic carbocycles. The summed E-state index contributed by atoms with van der Waals surface area (Å²) in [5.74, 6) is -0.0304. The van der Waals surface area contributed by atoms with Crippen molar-refractivity contribution in [3.63, 3.8) is 0 Å². The molecule has 1 aliphatic heterocycles. The number of thiazole rings is 1. The molecule has 5 rings (SSSR count). The third-order valence-electron chi connectivity index (χ3n) is 7.89. The van der Waals surface area contributed by atoms with Crippen LogP contribution in [0.15, 0.2) is 52.0 Å². The number of aliphatic hydroxyl groups is 1. The monoisotopic (exact) mass is 535 g/mol. The van der Waals surface area contributed by atoms with E-state index in [-0.39, 0.29) is 30.2 Å². The Labute approximate surface area is 226 Å². The highest BCUT2D eigenvalue weighted by atomic mass is 32.1. The Bertz CT molecular complexity index is 1370. The Kier molecular flexibility index (Phi) is 7.00. The third kappa shape index (κ3) is 4.58. The van der Waals surface area contributed by atoms with Crippen molar-refractivity contribution in [2.75, 3.05) is 13.7 Å². The molecule has 1 saturated heterocycles. The van der Waals surface area contributed by atoms with Gasteiger partial charge in [-0.15, -0.1) is 11.3 Å². The van der Waals surface area contributed by atoms with Crippen molar-refractivity contribution in [2.45, 2.75) is 64.0 Å². The molecule has 0 unspecified atom stereocenters.